The lowest BCUT2D eigenvalue weighted by Gasteiger charge is -2.32. The van der Waals surface area contributed by atoms with E-state index in [1.807, 2.05) is 12.1 Å². The lowest BCUT2D eigenvalue weighted by Crippen LogP contribution is -2.40. The minimum absolute atomic E-state index is 0.114. The smallest absolute Gasteiger partial charge is 0.256 e. The van der Waals surface area contributed by atoms with Crippen molar-refractivity contribution in [2.75, 3.05) is 19.6 Å². The number of furan rings is 1. The van der Waals surface area contributed by atoms with Gasteiger partial charge in [-0.2, -0.15) is 5.10 Å². The number of nitrogens with zero attached hydrogens (tertiary/aromatic N) is 4. The summed E-state index contributed by atoms with van der Waals surface area (Å²) < 4.78 is 7.04. The van der Waals surface area contributed by atoms with E-state index in [2.05, 4.69) is 20.3 Å². The number of carbonyl (C=O) groups is 1. The Kier molecular flexibility index (Phi) is 4.47. The van der Waals surface area contributed by atoms with Gasteiger partial charge in [-0.15, -0.1) is 0 Å². The molecule has 130 valence electrons. The van der Waals surface area contributed by atoms with Gasteiger partial charge in [0.05, 0.1) is 19.0 Å². The number of nitrogens with one attached hydrogen (secondary N) is 1. The zero-order valence-electron chi connectivity index (χ0n) is 14.0. The number of hydrogen-bond acceptors (Lipinski definition) is 5. The van der Waals surface area contributed by atoms with E-state index in [-0.39, 0.29) is 5.91 Å². The van der Waals surface area contributed by atoms with Crippen molar-refractivity contribution in [3.63, 3.8) is 0 Å². The van der Waals surface area contributed by atoms with E-state index in [1.165, 1.54) is 0 Å². The average molecular weight is 339 g/mol. The van der Waals surface area contributed by atoms with E-state index in [0.717, 1.165) is 38.2 Å². The normalized spacial score (nSPS) is 18.5. The lowest BCUT2D eigenvalue weighted by atomic mass is 9.98. The molecule has 4 heterocycles. The maximum Gasteiger partial charge on any atom is 0.256 e. The van der Waals surface area contributed by atoms with Crippen molar-refractivity contribution in [1.29, 1.82) is 0 Å². The monoisotopic (exact) mass is 339 g/mol. The predicted octanol–water partition coefficient (Wildman–Crippen LogP) is 1.96. The van der Waals surface area contributed by atoms with E-state index >= 15 is 0 Å². The van der Waals surface area contributed by atoms with Gasteiger partial charge in [-0.3, -0.25) is 9.69 Å². The Morgan fingerprint density at radius 3 is 3.24 bits per heavy atom. The molecule has 0 aromatic carbocycles. The summed E-state index contributed by atoms with van der Waals surface area (Å²) in [7, 11) is 0. The second-order valence-electron chi connectivity index (χ2n) is 6.48. The van der Waals surface area contributed by atoms with Crippen LogP contribution in [0.4, 0.5) is 0 Å². The van der Waals surface area contributed by atoms with Gasteiger partial charge >= 0.3 is 0 Å². The van der Waals surface area contributed by atoms with Crippen LogP contribution in [0.1, 0.15) is 29.0 Å². The van der Waals surface area contributed by atoms with Gasteiger partial charge in [0.1, 0.15) is 11.3 Å². The zero-order chi connectivity index (χ0) is 17.1. The molecule has 0 saturated carbocycles. The highest BCUT2D eigenvalue weighted by Crippen LogP contribution is 2.18. The van der Waals surface area contributed by atoms with Crippen molar-refractivity contribution in [3.05, 3.63) is 54.4 Å². The van der Waals surface area contributed by atoms with Crippen LogP contribution in [0.15, 0.2) is 47.5 Å². The first-order chi connectivity index (χ1) is 12.3. The first-order valence-corrected chi connectivity index (χ1v) is 8.61. The molecule has 1 fully saturated rings. The Hall–Kier alpha value is -2.67. The summed E-state index contributed by atoms with van der Waals surface area (Å²) in [5, 5.41) is 7.21. The van der Waals surface area contributed by atoms with Crippen molar-refractivity contribution in [2.24, 2.45) is 5.92 Å². The van der Waals surface area contributed by atoms with E-state index < -0.39 is 0 Å². The highest BCUT2D eigenvalue weighted by molar-refractivity contribution is 5.99. The molecule has 1 N–H and O–H groups in total. The zero-order valence-corrected chi connectivity index (χ0v) is 14.0. The highest BCUT2D eigenvalue weighted by atomic mass is 16.3. The number of rotatable bonds is 5. The Bertz CT molecular complexity index is 842. The van der Waals surface area contributed by atoms with Crippen molar-refractivity contribution in [3.8, 4) is 0 Å². The van der Waals surface area contributed by atoms with Gasteiger partial charge in [0.15, 0.2) is 5.65 Å². The van der Waals surface area contributed by atoms with E-state index in [9.17, 15) is 4.79 Å². The molecule has 0 aliphatic carbocycles. The van der Waals surface area contributed by atoms with Gasteiger partial charge in [-0.1, -0.05) is 0 Å². The third kappa shape index (κ3) is 3.56. The van der Waals surface area contributed by atoms with Gasteiger partial charge in [0.2, 0.25) is 0 Å². The van der Waals surface area contributed by atoms with Crippen LogP contribution in [0.2, 0.25) is 0 Å². The van der Waals surface area contributed by atoms with E-state index in [1.54, 1.807) is 35.4 Å². The second-order valence-corrected chi connectivity index (χ2v) is 6.48. The van der Waals surface area contributed by atoms with Gasteiger partial charge in [-0.05, 0) is 43.5 Å². The number of hydrogen-bond donors (Lipinski definition) is 1. The summed E-state index contributed by atoms with van der Waals surface area (Å²) in [5.41, 5.74) is 1.10. The van der Waals surface area contributed by atoms with E-state index in [0.29, 0.717) is 23.7 Å². The first kappa shape index (κ1) is 15.8. The Morgan fingerprint density at radius 1 is 1.40 bits per heavy atom. The molecule has 7 nitrogen and oxygen atoms in total. The Balaban J connectivity index is 1.33. The average Bonchev–Trinajstić information content (AvgIpc) is 3.29. The summed E-state index contributed by atoms with van der Waals surface area (Å²) >= 11 is 0. The van der Waals surface area contributed by atoms with Crippen LogP contribution in [-0.4, -0.2) is 45.0 Å². The number of piperidine rings is 1. The van der Waals surface area contributed by atoms with Crippen LogP contribution in [0.25, 0.3) is 5.65 Å². The Labute approximate surface area is 145 Å². The van der Waals surface area contributed by atoms with Crippen LogP contribution in [0, 0.1) is 5.92 Å². The van der Waals surface area contributed by atoms with Gasteiger partial charge in [0.25, 0.3) is 5.91 Å². The highest BCUT2D eigenvalue weighted by Gasteiger charge is 2.22. The number of fused-ring (bicyclic) bond motifs is 1. The maximum atomic E-state index is 12.5. The fourth-order valence-corrected chi connectivity index (χ4v) is 3.40. The molecule has 1 atom stereocenters. The summed E-state index contributed by atoms with van der Waals surface area (Å²) in [4.78, 5) is 19.1. The molecule has 7 heteroatoms. The van der Waals surface area contributed by atoms with Crippen molar-refractivity contribution in [2.45, 2.75) is 19.4 Å². The summed E-state index contributed by atoms with van der Waals surface area (Å²) in [6.07, 6.45) is 9.00. The van der Waals surface area contributed by atoms with Gasteiger partial charge in [-0.25, -0.2) is 9.50 Å². The molecule has 4 rings (SSSR count). The molecule has 3 aromatic heterocycles. The molecule has 3 aromatic rings. The van der Waals surface area contributed by atoms with Crippen LogP contribution in [-0.2, 0) is 6.54 Å². The maximum absolute atomic E-state index is 12.5. The van der Waals surface area contributed by atoms with E-state index in [4.69, 9.17) is 4.42 Å². The van der Waals surface area contributed by atoms with Gasteiger partial charge < -0.3 is 9.73 Å². The fraction of sp³-hybridized carbons (Fsp3) is 0.389. The van der Waals surface area contributed by atoms with Gasteiger partial charge in [0, 0.05) is 25.5 Å². The second kappa shape index (κ2) is 7.06. The predicted molar refractivity (Wildman–Crippen MR) is 92.0 cm³/mol. The van der Waals surface area contributed by atoms with Crippen LogP contribution < -0.4 is 5.32 Å². The van der Waals surface area contributed by atoms with Crippen LogP contribution in [0.5, 0.6) is 0 Å². The van der Waals surface area contributed by atoms with Crippen molar-refractivity contribution in [1.82, 2.24) is 24.8 Å². The third-order valence-electron chi connectivity index (χ3n) is 4.64. The van der Waals surface area contributed by atoms with Crippen LogP contribution in [0.3, 0.4) is 0 Å². The molecular weight excluding hydrogens is 318 g/mol. The molecular formula is C18H21N5O2. The largest absolute Gasteiger partial charge is 0.468 e. The molecule has 1 amide bonds. The SMILES string of the molecule is O=C(NCC1CCCN(Cc2ccco2)C1)c1cnn2cccnc12. The fourth-order valence-electron chi connectivity index (χ4n) is 3.40. The summed E-state index contributed by atoms with van der Waals surface area (Å²) in [6.45, 7) is 3.53. The summed E-state index contributed by atoms with van der Waals surface area (Å²) in [5.74, 6) is 1.32. The number of carbonyl (C=O) groups excluding carboxylic acids is 1. The summed E-state index contributed by atoms with van der Waals surface area (Å²) in [6, 6.07) is 5.71. The minimum atomic E-state index is -0.114. The molecule has 25 heavy (non-hydrogen) atoms. The number of likely N-dealkylation sites (tertiary alicyclic amines) is 1. The molecule has 0 spiro atoms. The number of aromatic nitrogens is 3. The quantitative estimate of drug-likeness (QED) is 0.769. The molecule has 0 radical (unpaired) electrons. The first-order valence-electron chi connectivity index (χ1n) is 8.61. The Morgan fingerprint density at radius 2 is 2.36 bits per heavy atom. The standard InChI is InChI=1S/C18H21N5O2/c24-18(16-11-21-23-8-3-6-19-17(16)23)20-10-14-4-1-7-22(12-14)13-15-5-2-9-25-15/h2-3,5-6,8-9,11,14H,1,4,7,10,12-13H2,(H,20,24). The van der Waals surface area contributed by atoms with Crippen LogP contribution >= 0.6 is 0 Å². The third-order valence-corrected chi connectivity index (χ3v) is 4.64. The lowest BCUT2D eigenvalue weighted by molar-refractivity contribution is 0.0929. The van der Waals surface area contributed by atoms with Crippen molar-refractivity contribution < 1.29 is 9.21 Å². The molecule has 1 saturated heterocycles. The van der Waals surface area contributed by atoms with Crippen molar-refractivity contribution >= 4 is 11.6 Å². The molecule has 1 aliphatic rings. The topological polar surface area (TPSA) is 75.7 Å². The number of amides is 1. The molecule has 0 bridgehead atoms. The minimum Gasteiger partial charge on any atom is -0.468 e. The molecule has 1 aliphatic heterocycles. The molecule has 1 unspecified atom stereocenters.